The van der Waals surface area contributed by atoms with Crippen LogP contribution in [0.3, 0.4) is 0 Å². The first-order chi connectivity index (χ1) is 12.2. The van der Waals surface area contributed by atoms with Gasteiger partial charge in [0.2, 0.25) is 11.8 Å². The molecule has 0 saturated heterocycles. The van der Waals surface area contributed by atoms with Gasteiger partial charge in [-0.05, 0) is 35.9 Å². The van der Waals surface area contributed by atoms with Gasteiger partial charge in [0.25, 0.3) is 0 Å². The van der Waals surface area contributed by atoms with Crippen molar-refractivity contribution in [2.75, 3.05) is 0 Å². The molecule has 4 rings (SSSR count). The van der Waals surface area contributed by atoms with Crippen LogP contribution in [-0.4, -0.2) is 15.9 Å². The molecule has 0 fully saturated rings. The third-order valence-electron chi connectivity index (χ3n) is 3.70. The van der Waals surface area contributed by atoms with Crippen molar-refractivity contribution in [1.29, 1.82) is 0 Å². The first kappa shape index (κ1) is 15.3. The van der Waals surface area contributed by atoms with E-state index in [1.807, 2.05) is 24.3 Å². The first-order valence-corrected chi connectivity index (χ1v) is 8.40. The predicted octanol–water partition coefficient (Wildman–Crippen LogP) is 4.25. The van der Waals surface area contributed by atoms with Crippen molar-refractivity contribution in [2.45, 2.75) is 0 Å². The molecule has 0 aliphatic heterocycles. The van der Waals surface area contributed by atoms with E-state index in [4.69, 9.17) is 10.5 Å². The number of amides is 1. The van der Waals surface area contributed by atoms with E-state index in [2.05, 4.69) is 22.1 Å². The van der Waals surface area contributed by atoms with Gasteiger partial charge in [0.05, 0.1) is 5.39 Å². The molecule has 25 heavy (non-hydrogen) atoms. The fourth-order valence-electron chi connectivity index (χ4n) is 2.46. The lowest BCUT2D eigenvalue weighted by molar-refractivity contribution is 0.100. The van der Waals surface area contributed by atoms with Crippen LogP contribution in [0.2, 0.25) is 0 Å². The molecular weight excluding hydrogens is 334 g/mol. The van der Waals surface area contributed by atoms with Crippen molar-refractivity contribution in [3.8, 4) is 22.1 Å². The van der Waals surface area contributed by atoms with Crippen molar-refractivity contribution in [2.24, 2.45) is 5.73 Å². The molecular formula is C19H13N3O2S. The average Bonchev–Trinajstić information content (AvgIpc) is 3.08. The minimum atomic E-state index is -0.471. The Bertz CT molecular complexity index is 1040. The number of nitrogens with zero attached hydrogens (tertiary/aromatic N) is 2. The van der Waals surface area contributed by atoms with Gasteiger partial charge in [-0.3, -0.25) is 4.79 Å². The minimum absolute atomic E-state index is 0.432. The maximum absolute atomic E-state index is 11.1. The van der Waals surface area contributed by atoms with E-state index in [9.17, 15) is 4.79 Å². The van der Waals surface area contributed by atoms with Gasteiger partial charge in [-0.25, -0.2) is 9.97 Å². The molecule has 6 heteroatoms. The minimum Gasteiger partial charge on any atom is -0.438 e. The standard InChI is InChI=1S/C19H13N3O2S/c20-17(23)13-6-8-14(9-7-13)24-18-15-10-16(12-4-2-1-3-5-12)25-19(15)22-11-21-18/h1-11H,(H2,20,23). The molecule has 0 aliphatic carbocycles. The van der Waals surface area contributed by atoms with Crippen LogP contribution in [0.25, 0.3) is 20.7 Å². The molecule has 0 saturated carbocycles. The Hall–Kier alpha value is -3.25. The van der Waals surface area contributed by atoms with Crippen molar-refractivity contribution >= 4 is 27.5 Å². The van der Waals surface area contributed by atoms with Gasteiger partial charge in [0.1, 0.15) is 16.9 Å². The summed E-state index contributed by atoms with van der Waals surface area (Å²) >= 11 is 1.59. The van der Waals surface area contributed by atoms with E-state index in [1.54, 1.807) is 35.6 Å². The van der Waals surface area contributed by atoms with Gasteiger partial charge in [-0.1, -0.05) is 30.3 Å². The molecule has 0 radical (unpaired) electrons. The lowest BCUT2D eigenvalue weighted by atomic mass is 10.2. The van der Waals surface area contributed by atoms with Gasteiger partial charge in [-0.2, -0.15) is 0 Å². The smallest absolute Gasteiger partial charge is 0.248 e. The highest BCUT2D eigenvalue weighted by molar-refractivity contribution is 7.21. The van der Waals surface area contributed by atoms with Crippen molar-refractivity contribution in [1.82, 2.24) is 9.97 Å². The second kappa shape index (κ2) is 6.33. The van der Waals surface area contributed by atoms with Crippen LogP contribution in [-0.2, 0) is 0 Å². The monoisotopic (exact) mass is 347 g/mol. The SMILES string of the molecule is NC(=O)c1ccc(Oc2ncnc3sc(-c4ccccc4)cc23)cc1. The molecule has 5 nitrogen and oxygen atoms in total. The highest BCUT2D eigenvalue weighted by Crippen LogP contribution is 2.36. The lowest BCUT2D eigenvalue weighted by Crippen LogP contribution is -2.10. The van der Waals surface area contributed by atoms with E-state index in [0.717, 1.165) is 20.7 Å². The van der Waals surface area contributed by atoms with E-state index in [0.29, 0.717) is 17.2 Å². The molecule has 0 atom stereocenters. The summed E-state index contributed by atoms with van der Waals surface area (Å²) < 4.78 is 5.88. The van der Waals surface area contributed by atoms with Crippen LogP contribution in [0.5, 0.6) is 11.6 Å². The summed E-state index contributed by atoms with van der Waals surface area (Å²) in [6, 6.07) is 18.8. The number of thiophene rings is 1. The Morgan fingerprint density at radius 2 is 1.76 bits per heavy atom. The Morgan fingerprint density at radius 3 is 2.48 bits per heavy atom. The molecule has 0 aliphatic rings. The van der Waals surface area contributed by atoms with Gasteiger partial charge in [-0.15, -0.1) is 11.3 Å². The summed E-state index contributed by atoms with van der Waals surface area (Å²) in [5, 5.41) is 0.852. The molecule has 0 unspecified atom stereocenters. The highest BCUT2D eigenvalue weighted by atomic mass is 32.1. The number of benzene rings is 2. The fraction of sp³-hybridized carbons (Fsp3) is 0. The van der Waals surface area contributed by atoms with E-state index in [1.165, 1.54) is 6.33 Å². The Balaban J connectivity index is 1.70. The number of primary amides is 1. The Labute approximate surface area is 147 Å². The predicted molar refractivity (Wildman–Crippen MR) is 97.9 cm³/mol. The topological polar surface area (TPSA) is 78.1 Å². The fourth-order valence-corrected chi connectivity index (χ4v) is 3.45. The zero-order valence-corrected chi connectivity index (χ0v) is 13.9. The molecule has 0 bridgehead atoms. The summed E-state index contributed by atoms with van der Waals surface area (Å²) in [4.78, 5) is 21.7. The zero-order valence-electron chi connectivity index (χ0n) is 13.0. The van der Waals surface area contributed by atoms with Crippen molar-refractivity contribution in [3.05, 3.63) is 72.6 Å². The summed E-state index contributed by atoms with van der Waals surface area (Å²) in [5.41, 5.74) is 6.81. The third kappa shape index (κ3) is 3.07. The molecule has 2 aromatic heterocycles. The van der Waals surface area contributed by atoms with Crippen LogP contribution in [0.15, 0.2) is 67.0 Å². The van der Waals surface area contributed by atoms with Gasteiger partial charge in [0.15, 0.2) is 0 Å². The van der Waals surface area contributed by atoms with Gasteiger partial charge < -0.3 is 10.5 Å². The average molecular weight is 347 g/mol. The summed E-state index contributed by atoms with van der Waals surface area (Å²) in [6.07, 6.45) is 1.49. The first-order valence-electron chi connectivity index (χ1n) is 7.58. The van der Waals surface area contributed by atoms with E-state index < -0.39 is 5.91 Å². The summed E-state index contributed by atoms with van der Waals surface area (Å²) in [5.74, 6) is 0.592. The summed E-state index contributed by atoms with van der Waals surface area (Å²) in [6.45, 7) is 0. The number of carbonyl (C=O) groups excluding carboxylic acids is 1. The van der Waals surface area contributed by atoms with Crippen molar-refractivity contribution < 1.29 is 9.53 Å². The quantitative estimate of drug-likeness (QED) is 0.598. The number of hydrogen-bond acceptors (Lipinski definition) is 5. The van der Waals surface area contributed by atoms with Crippen LogP contribution < -0.4 is 10.5 Å². The molecule has 4 aromatic rings. The van der Waals surface area contributed by atoms with Crippen LogP contribution in [0.4, 0.5) is 0 Å². The van der Waals surface area contributed by atoms with Gasteiger partial charge >= 0.3 is 0 Å². The lowest BCUT2D eigenvalue weighted by Gasteiger charge is -2.05. The van der Waals surface area contributed by atoms with Gasteiger partial charge in [0, 0.05) is 10.4 Å². The normalized spacial score (nSPS) is 10.7. The molecule has 1 amide bonds. The number of rotatable bonds is 4. The zero-order chi connectivity index (χ0) is 17.2. The van der Waals surface area contributed by atoms with Crippen LogP contribution in [0.1, 0.15) is 10.4 Å². The largest absolute Gasteiger partial charge is 0.438 e. The van der Waals surface area contributed by atoms with Crippen molar-refractivity contribution in [3.63, 3.8) is 0 Å². The van der Waals surface area contributed by atoms with Crippen LogP contribution in [0, 0.1) is 0 Å². The number of hydrogen-bond donors (Lipinski definition) is 1. The number of fused-ring (bicyclic) bond motifs is 1. The molecule has 122 valence electrons. The molecule has 2 heterocycles. The number of carbonyl (C=O) groups is 1. The second-order valence-electron chi connectivity index (χ2n) is 5.37. The maximum atomic E-state index is 11.1. The number of aromatic nitrogens is 2. The Kier molecular flexibility index (Phi) is 3.87. The maximum Gasteiger partial charge on any atom is 0.248 e. The number of nitrogens with two attached hydrogens (primary N) is 1. The van der Waals surface area contributed by atoms with E-state index in [-0.39, 0.29) is 0 Å². The third-order valence-corrected chi connectivity index (χ3v) is 4.80. The second-order valence-corrected chi connectivity index (χ2v) is 6.40. The molecule has 0 spiro atoms. The van der Waals surface area contributed by atoms with Crippen LogP contribution >= 0.6 is 11.3 Å². The highest BCUT2D eigenvalue weighted by Gasteiger charge is 2.12. The molecule has 2 N–H and O–H groups in total. The van der Waals surface area contributed by atoms with E-state index >= 15 is 0 Å². The molecule has 2 aromatic carbocycles. The number of ether oxygens (including phenoxy) is 1. The Morgan fingerprint density at radius 1 is 1.00 bits per heavy atom. The summed E-state index contributed by atoms with van der Waals surface area (Å²) in [7, 11) is 0.